The van der Waals surface area contributed by atoms with Crippen LogP contribution in [-0.2, 0) is 4.79 Å². The summed E-state index contributed by atoms with van der Waals surface area (Å²) in [5.74, 6) is 0.0545. The van der Waals surface area contributed by atoms with Gasteiger partial charge in [0.2, 0.25) is 0 Å². The molecule has 2 saturated heterocycles. The maximum atomic E-state index is 13.1. The Morgan fingerprint density at radius 1 is 0.880 bits per heavy atom. The van der Waals surface area contributed by atoms with E-state index in [0.717, 1.165) is 58.0 Å². The van der Waals surface area contributed by atoms with Crippen molar-refractivity contribution in [3.63, 3.8) is 0 Å². The molecule has 0 saturated carbocycles. The number of rotatable bonds is 4. The molecule has 3 N–H and O–H groups in total. The first kappa shape index (κ1) is 18.1. The van der Waals surface area contributed by atoms with E-state index < -0.39 is 0 Å². The van der Waals surface area contributed by atoms with Crippen LogP contribution in [0.1, 0.15) is 0 Å². The molecule has 2 aliphatic heterocycles. The van der Waals surface area contributed by atoms with Crippen LogP contribution in [0.3, 0.4) is 0 Å². The summed E-state index contributed by atoms with van der Waals surface area (Å²) in [4.78, 5) is 22.4. The lowest BCUT2D eigenvalue weighted by molar-refractivity contribution is -0.131. The van der Waals surface area contributed by atoms with Gasteiger partial charge in [-0.15, -0.1) is 0 Å². The number of carbonyl (C=O) groups excluding carboxylic acids is 1. The first-order valence-corrected chi connectivity index (χ1v) is 9.04. The number of likely N-dealkylation sites (N-methyl/N-ethyl adjacent to an activating group) is 2. The Morgan fingerprint density at radius 2 is 1.32 bits per heavy atom. The lowest BCUT2D eigenvalue weighted by atomic mass is 10.2. The molecule has 0 radical (unpaired) electrons. The normalized spacial score (nSPS) is 21.6. The highest BCUT2D eigenvalue weighted by Crippen LogP contribution is 2.16. The largest absolute Gasteiger partial charge is 0.399 e. The number of hydrogen-bond donors (Lipinski definition) is 2. The van der Waals surface area contributed by atoms with Gasteiger partial charge in [-0.2, -0.15) is 0 Å². The van der Waals surface area contributed by atoms with E-state index in [1.807, 2.05) is 24.3 Å². The number of nitrogens with one attached hydrogen (secondary N) is 1. The average Bonchev–Trinajstić information content (AvgIpc) is 2.60. The number of nitrogen functional groups attached to an aromatic ring is 1. The molecule has 0 aliphatic carbocycles. The fourth-order valence-corrected chi connectivity index (χ4v) is 3.47. The van der Waals surface area contributed by atoms with Crippen LogP contribution in [-0.4, -0.2) is 98.1 Å². The zero-order valence-corrected chi connectivity index (χ0v) is 15.3. The Labute approximate surface area is 150 Å². The molecule has 2 aliphatic rings. The Kier molecular flexibility index (Phi) is 5.90. The Balaban J connectivity index is 1.72. The van der Waals surface area contributed by atoms with Crippen molar-refractivity contribution in [3.05, 3.63) is 24.3 Å². The summed E-state index contributed by atoms with van der Waals surface area (Å²) in [7, 11) is 4.27. The quantitative estimate of drug-likeness (QED) is 0.750. The van der Waals surface area contributed by atoms with Crippen molar-refractivity contribution in [2.45, 2.75) is 6.17 Å². The number of carbonyl (C=O) groups is 1. The molecule has 0 atom stereocenters. The molecule has 0 aromatic heterocycles. The highest BCUT2D eigenvalue weighted by Gasteiger charge is 2.34. The van der Waals surface area contributed by atoms with Gasteiger partial charge in [-0.25, -0.2) is 0 Å². The summed E-state index contributed by atoms with van der Waals surface area (Å²) in [6, 6.07) is 7.35. The molecule has 25 heavy (non-hydrogen) atoms. The Morgan fingerprint density at radius 3 is 1.76 bits per heavy atom. The zero-order valence-electron chi connectivity index (χ0n) is 15.3. The second kappa shape index (κ2) is 8.14. The Bertz CT molecular complexity index is 539. The smallest absolute Gasteiger partial charge is 0.256 e. The van der Waals surface area contributed by atoms with Crippen molar-refractivity contribution in [2.75, 3.05) is 77.5 Å². The fraction of sp³-hybridized carbons (Fsp3) is 0.611. The molecular weight excluding hydrogens is 316 g/mol. The monoisotopic (exact) mass is 346 g/mol. The van der Waals surface area contributed by atoms with Crippen molar-refractivity contribution in [1.29, 1.82) is 0 Å². The molecule has 3 rings (SSSR count). The SMILES string of the molecule is CN1CCN(C(C(=O)Nc2ccc(N)cc2)N2CCN(C)CC2)CC1. The topological polar surface area (TPSA) is 68.1 Å². The van der Waals surface area contributed by atoms with Gasteiger partial charge in [-0.3, -0.25) is 14.6 Å². The zero-order chi connectivity index (χ0) is 17.8. The number of nitrogens with two attached hydrogens (primary N) is 1. The van der Waals surface area contributed by atoms with E-state index >= 15 is 0 Å². The molecule has 2 fully saturated rings. The van der Waals surface area contributed by atoms with E-state index in [9.17, 15) is 4.79 Å². The molecule has 1 aromatic rings. The maximum Gasteiger partial charge on any atom is 0.256 e. The molecule has 1 aromatic carbocycles. The molecule has 0 unspecified atom stereocenters. The summed E-state index contributed by atoms with van der Waals surface area (Å²) < 4.78 is 0. The molecule has 7 heteroatoms. The van der Waals surface area contributed by atoms with E-state index in [1.54, 1.807) is 0 Å². The Hall–Kier alpha value is -1.67. The van der Waals surface area contributed by atoms with E-state index in [1.165, 1.54) is 0 Å². The third-order valence-corrected chi connectivity index (χ3v) is 5.18. The first-order chi connectivity index (χ1) is 12.0. The van der Waals surface area contributed by atoms with Crippen LogP contribution in [0.15, 0.2) is 24.3 Å². The van der Waals surface area contributed by atoms with E-state index in [2.05, 4.69) is 39.0 Å². The predicted octanol–water partition coefficient (Wildman–Crippen LogP) is 0.0282. The van der Waals surface area contributed by atoms with Gasteiger partial charge >= 0.3 is 0 Å². The highest BCUT2D eigenvalue weighted by atomic mass is 16.2. The maximum absolute atomic E-state index is 13.1. The van der Waals surface area contributed by atoms with Crippen molar-refractivity contribution in [1.82, 2.24) is 19.6 Å². The van der Waals surface area contributed by atoms with Crippen LogP contribution >= 0.6 is 0 Å². The number of anilines is 2. The number of hydrogen-bond acceptors (Lipinski definition) is 6. The van der Waals surface area contributed by atoms with E-state index in [-0.39, 0.29) is 12.1 Å². The van der Waals surface area contributed by atoms with Gasteiger partial charge in [0.05, 0.1) is 0 Å². The van der Waals surface area contributed by atoms with Gasteiger partial charge in [-0.05, 0) is 38.4 Å². The van der Waals surface area contributed by atoms with Crippen molar-refractivity contribution in [3.8, 4) is 0 Å². The average molecular weight is 346 g/mol. The fourth-order valence-electron chi connectivity index (χ4n) is 3.47. The van der Waals surface area contributed by atoms with Crippen LogP contribution < -0.4 is 11.1 Å². The minimum Gasteiger partial charge on any atom is -0.399 e. The van der Waals surface area contributed by atoms with Crippen molar-refractivity contribution >= 4 is 17.3 Å². The van der Waals surface area contributed by atoms with Crippen molar-refractivity contribution < 1.29 is 4.79 Å². The molecule has 0 spiro atoms. The van der Waals surface area contributed by atoms with Gasteiger partial charge in [0.1, 0.15) is 6.17 Å². The van der Waals surface area contributed by atoms with Gasteiger partial charge in [0.25, 0.3) is 5.91 Å². The standard InChI is InChI=1S/C18H30N6O/c1-21-7-11-23(12-8-21)18(24-13-9-22(2)10-14-24)17(25)20-16-5-3-15(19)4-6-16/h3-6,18H,7-14,19H2,1-2H3,(H,20,25). The highest BCUT2D eigenvalue weighted by molar-refractivity contribution is 5.94. The second-order valence-corrected chi connectivity index (χ2v) is 7.16. The van der Waals surface area contributed by atoms with Gasteiger partial charge in [-0.1, -0.05) is 0 Å². The van der Waals surface area contributed by atoms with Crippen LogP contribution in [0.25, 0.3) is 0 Å². The molecule has 0 bridgehead atoms. The third-order valence-electron chi connectivity index (χ3n) is 5.18. The van der Waals surface area contributed by atoms with E-state index in [0.29, 0.717) is 5.69 Å². The van der Waals surface area contributed by atoms with Crippen LogP contribution in [0.5, 0.6) is 0 Å². The van der Waals surface area contributed by atoms with Crippen LogP contribution in [0.2, 0.25) is 0 Å². The van der Waals surface area contributed by atoms with Crippen LogP contribution in [0.4, 0.5) is 11.4 Å². The van der Waals surface area contributed by atoms with Gasteiger partial charge in [0.15, 0.2) is 0 Å². The summed E-state index contributed by atoms with van der Waals surface area (Å²) >= 11 is 0. The lowest BCUT2D eigenvalue weighted by Crippen LogP contribution is -2.62. The third kappa shape index (κ3) is 4.70. The second-order valence-electron chi connectivity index (χ2n) is 7.16. The molecule has 1 amide bonds. The summed E-state index contributed by atoms with van der Waals surface area (Å²) in [6.45, 7) is 7.67. The summed E-state index contributed by atoms with van der Waals surface area (Å²) in [5.41, 5.74) is 7.24. The number of piperazine rings is 2. The molecule has 2 heterocycles. The summed E-state index contributed by atoms with van der Waals surface area (Å²) in [5, 5.41) is 3.08. The summed E-state index contributed by atoms with van der Waals surface area (Å²) in [6.07, 6.45) is -0.208. The minimum absolute atomic E-state index is 0.0545. The van der Waals surface area contributed by atoms with Crippen LogP contribution in [0, 0.1) is 0 Å². The van der Waals surface area contributed by atoms with Crippen molar-refractivity contribution in [2.24, 2.45) is 0 Å². The first-order valence-electron chi connectivity index (χ1n) is 9.04. The molecule has 7 nitrogen and oxygen atoms in total. The lowest BCUT2D eigenvalue weighted by Gasteiger charge is -2.44. The number of nitrogens with zero attached hydrogens (tertiary/aromatic N) is 4. The minimum atomic E-state index is -0.208. The number of benzene rings is 1. The molecular formula is C18H30N6O. The van der Waals surface area contributed by atoms with E-state index in [4.69, 9.17) is 5.73 Å². The number of amides is 1. The van der Waals surface area contributed by atoms with Gasteiger partial charge < -0.3 is 20.9 Å². The predicted molar refractivity (Wildman–Crippen MR) is 101 cm³/mol. The molecule has 138 valence electrons. The van der Waals surface area contributed by atoms with Gasteiger partial charge in [0, 0.05) is 63.7 Å².